The number of pyridine rings is 2. The second-order valence-corrected chi connectivity index (χ2v) is 11.6. The van der Waals surface area contributed by atoms with E-state index in [2.05, 4.69) is 14.8 Å². The fraction of sp³-hybridized carbons (Fsp3) is 0.320. The Kier molecular flexibility index (Phi) is 6.67. The van der Waals surface area contributed by atoms with Crippen molar-refractivity contribution >= 4 is 15.5 Å². The molecule has 218 valence electrons. The van der Waals surface area contributed by atoms with Crippen LogP contribution in [0.1, 0.15) is 25.3 Å². The fourth-order valence-corrected chi connectivity index (χ4v) is 5.35. The predicted molar refractivity (Wildman–Crippen MR) is 130 cm³/mol. The normalized spacial score (nSPS) is 15.4. The van der Waals surface area contributed by atoms with E-state index in [-0.39, 0.29) is 35.2 Å². The number of fused-ring (bicyclic) bond motifs is 1. The van der Waals surface area contributed by atoms with E-state index < -0.39 is 61.9 Å². The number of hydrogen-bond acceptors (Lipinski definition) is 6. The molecule has 0 N–H and O–H groups in total. The van der Waals surface area contributed by atoms with Gasteiger partial charge in [0.1, 0.15) is 10.6 Å². The Bertz CT molecular complexity index is 1800. The van der Waals surface area contributed by atoms with Gasteiger partial charge < -0.3 is 4.74 Å². The Balaban J connectivity index is 1.57. The van der Waals surface area contributed by atoms with Gasteiger partial charge in [-0.15, -0.1) is 5.10 Å². The molecular formula is C25H19F7N4O4S. The molecule has 0 aliphatic heterocycles. The third kappa shape index (κ3) is 4.93. The van der Waals surface area contributed by atoms with Gasteiger partial charge in [-0.3, -0.25) is 0 Å². The van der Waals surface area contributed by atoms with Crippen molar-refractivity contribution in [2.45, 2.75) is 48.8 Å². The second-order valence-electron chi connectivity index (χ2n) is 9.36. The summed E-state index contributed by atoms with van der Waals surface area (Å²) >= 11 is 0. The van der Waals surface area contributed by atoms with Gasteiger partial charge in [0.15, 0.2) is 21.3 Å². The summed E-state index contributed by atoms with van der Waals surface area (Å²) < 4.78 is 124. The highest BCUT2D eigenvalue weighted by Crippen LogP contribution is 2.58. The van der Waals surface area contributed by atoms with Crippen molar-refractivity contribution in [3.05, 3.63) is 70.9 Å². The van der Waals surface area contributed by atoms with Crippen LogP contribution in [-0.4, -0.2) is 52.0 Å². The van der Waals surface area contributed by atoms with E-state index in [0.29, 0.717) is 4.68 Å². The minimum Gasteiger partial charge on any atom is -0.428 e. The summed E-state index contributed by atoms with van der Waals surface area (Å²) in [6, 6.07) is 7.98. The van der Waals surface area contributed by atoms with Crippen molar-refractivity contribution in [3.63, 3.8) is 0 Å². The Hall–Kier alpha value is -3.95. The minimum atomic E-state index is -4.72. The molecule has 0 bridgehead atoms. The zero-order valence-electron chi connectivity index (χ0n) is 20.9. The molecule has 0 atom stereocenters. The van der Waals surface area contributed by atoms with Crippen LogP contribution in [0.2, 0.25) is 0 Å². The number of hydrogen-bond donors (Lipinski definition) is 0. The molecule has 8 nitrogen and oxygen atoms in total. The lowest BCUT2D eigenvalue weighted by Gasteiger charge is -2.19. The first-order chi connectivity index (χ1) is 19.1. The van der Waals surface area contributed by atoms with Crippen molar-refractivity contribution < 1.29 is 43.9 Å². The first kappa shape index (κ1) is 28.6. The van der Waals surface area contributed by atoms with Gasteiger partial charge in [0.2, 0.25) is 0 Å². The highest BCUT2D eigenvalue weighted by Gasteiger charge is 2.64. The van der Waals surface area contributed by atoms with Crippen LogP contribution in [0.4, 0.5) is 30.7 Å². The Morgan fingerprint density at radius 2 is 1.68 bits per heavy atom. The number of benzene rings is 1. The van der Waals surface area contributed by atoms with E-state index in [1.165, 1.54) is 37.4 Å². The highest BCUT2D eigenvalue weighted by molar-refractivity contribution is 7.91. The van der Waals surface area contributed by atoms with Crippen LogP contribution < -0.4 is 10.4 Å². The molecule has 1 aliphatic carbocycles. The molecule has 0 saturated heterocycles. The zero-order valence-corrected chi connectivity index (χ0v) is 21.7. The number of ether oxygens (including phenoxy) is 1. The summed E-state index contributed by atoms with van der Waals surface area (Å²) in [6.45, 7) is 1.34. The van der Waals surface area contributed by atoms with Crippen LogP contribution in [0.3, 0.4) is 0 Å². The molecule has 3 aromatic heterocycles. The molecule has 0 amide bonds. The van der Waals surface area contributed by atoms with E-state index in [1.54, 1.807) is 0 Å². The summed E-state index contributed by atoms with van der Waals surface area (Å²) in [5.74, 6) is -1.39. The molecule has 5 rings (SSSR count). The molecule has 3 heterocycles. The van der Waals surface area contributed by atoms with Crippen molar-refractivity contribution in [2.75, 3.05) is 5.75 Å². The number of aromatic nitrogens is 4. The van der Waals surface area contributed by atoms with Crippen molar-refractivity contribution in [2.24, 2.45) is 0 Å². The summed E-state index contributed by atoms with van der Waals surface area (Å²) in [7, 11) is -4.07. The maximum atomic E-state index is 13.6. The van der Waals surface area contributed by atoms with Gasteiger partial charge in [-0.2, -0.15) is 35.4 Å². The topological polar surface area (TPSA) is 95.6 Å². The minimum absolute atomic E-state index is 0.0429. The molecule has 4 aromatic rings. The number of sulfone groups is 1. The SMILES string of the molecule is CCS(=O)(=O)c1cc(-c2ccc(OC(F)(F)C(F)F)cc2)cnc1-n1nc2ccc(C3(C(F)(F)F)CC3)cn2c1=O. The monoisotopic (exact) mass is 604 g/mol. The van der Waals surface area contributed by atoms with Crippen LogP contribution in [0.15, 0.2) is 64.5 Å². The molecule has 16 heteroatoms. The Labute approximate surface area is 226 Å². The number of nitrogens with zero attached hydrogens (tertiary/aromatic N) is 4. The van der Waals surface area contributed by atoms with Crippen LogP contribution in [0.5, 0.6) is 5.75 Å². The lowest BCUT2D eigenvalue weighted by molar-refractivity contribution is -0.253. The van der Waals surface area contributed by atoms with Gasteiger partial charge in [0.05, 0.1) is 11.2 Å². The van der Waals surface area contributed by atoms with Gasteiger partial charge in [-0.25, -0.2) is 22.6 Å². The smallest absolute Gasteiger partial charge is 0.428 e. The zero-order chi connectivity index (χ0) is 30.0. The van der Waals surface area contributed by atoms with Gasteiger partial charge in [0, 0.05) is 18.0 Å². The van der Waals surface area contributed by atoms with E-state index >= 15 is 0 Å². The van der Waals surface area contributed by atoms with Gasteiger partial charge in [0.25, 0.3) is 0 Å². The molecule has 0 radical (unpaired) electrons. The summed E-state index contributed by atoms with van der Waals surface area (Å²) in [6.07, 6.45) is -11.4. The Morgan fingerprint density at radius 3 is 2.24 bits per heavy atom. The molecular weight excluding hydrogens is 585 g/mol. The molecule has 1 fully saturated rings. The molecule has 0 spiro atoms. The average molecular weight is 605 g/mol. The lowest BCUT2D eigenvalue weighted by Crippen LogP contribution is -2.33. The van der Waals surface area contributed by atoms with Crippen molar-refractivity contribution in [1.82, 2.24) is 19.2 Å². The van der Waals surface area contributed by atoms with Crippen LogP contribution in [0, 0.1) is 0 Å². The maximum absolute atomic E-state index is 13.6. The summed E-state index contributed by atoms with van der Waals surface area (Å²) in [5, 5.41) is 4.07. The first-order valence-corrected chi connectivity index (χ1v) is 13.6. The van der Waals surface area contributed by atoms with E-state index in [0.717, 1.165) is 28.8 Å². The molecule has 1 aliphatic rings. The number of halogens is 7. The molecule has 1 saturated carbocycles. The average Bonchev–Trinajstić information content (AvgIpc) is 3.68. The third-order valence-electron chi connectivity index (χ3n) is 6.81. The van der Waals surface area contributed by atoms with E-state index in [9.17, 15) is 43.9 Å². The van der Waals surface area contributed by atoms with Crippen molar-refractivity contribution in [3.8, 4) is 22.7 Å². The second kappa shape index (κ2) is 9.56. The van der Waals surface area contributed by atoms with Crippen molar-refractivity contribution in [1.29, 1.82) is 0 Å². The predicted octanol–water partition coefficient (Wildman–Crippen LogP) is 5.17. The Morgan fingerprint density at radius 1 is 1.02 bits per heavy atom. The van der Waals surface area contributed by atoms with Crippen LogP contribution in [-0.2, 0) is 15.3 Å². The van der Waals surface area contributed by atoms with E-state index in [4.69, 9.17) is 0 Å². The fourth-order valence-electron chi connectivity index (χ4n) is 4.31. The third-order valence-corrected chi connectivity index (χ3v) is 8.54. The number of alkyl halides is 7. The van der Waals surface area contributed by atoms with Gasteiger partial charge in [-0.05, 0) is 48.2 Å². The highest BCUT2D eigenvalue weighted by atomic mass is 32.2. The standard InChI is InChI=1S/C25H19F7N4O4S/c1-2-41(38,39)18-11-15(14-3-6-17(7-4-14)40-24(28,29)21(26)27)12-33-20(18)36-22(37)35-13-16(5-8-19(35)34-36)23(9-10-23)25(30,31)32/h3-8,11-13,21H,2,9-10H2,1H3. The van der Waals surface area contributed by atoms with E-state index in [1.807, 2.05) is 0 Å². The quantitative estimate of drug-likeness (QED) is 0.258. The maximum Gasteiger partial charge on any atom is 0.461 e. The van der Waals surface area contributed by atoms with Crippen LogP contribution >= 0.6 is 0 Å². The lowest BCUT2D eigenvalue weighted by atomic mass is 9.97. The van der Waals surface area contributed by atoms with Gasteiger partial charge >= 0.3 is 24.4 Å². The summed E-state index contributed by atoms with van der Waals surface area (Å²) in [4.78, 5) is 16.9. The molecule has 0 unspecified atom stereocenters. The first-order valence-electron chi connectivity index (χ1n) is 12.0. The van der Waals surface area contributed by atoms with Crippen LogP contribution in [0.25, 0.3) is 22.6 Å². The largest absolute Gasteiger partial charge is 0.461 e. The molecule has 41 heavy (non-hydrogen) atoms. The van der Waals surface area contributed by atoms with Gasteiger partial charge in [-0.1, -0.05) is 25.1 Å². The number of rotatable bonds is 8. The summed E-state index contributed by atoms with van der Waals surface area (Å²) in [5.41, 5.74) is -2.77. The molecule has 1 aromatic carbocycles.